The van der Waals surface area contributed by atoms with Crippen molar-refractivity contribution in [3.05, 3.63) is 29.7 Å². The highest BCUT2D eigenvalue weighted by Crippen LogP contribution is 2.22. The summed E-state index contributed by atoms with van der Waals surface area (Å²) >= 11 is 0. The van der Waals surface area contributed by atoms with Crippen LogP contribution in [-0.4, -0.2) is 12.1 Å². The van der Waals surface area contributed by atoms with E-state index < -0.39 is 0 Å². The molecule has 0 aliphatic carbocycles. The summed E-state index contributed by atoms with van der Waals surface area (Å²) in [5, 5.41) is 0. The number of aromatic nitrogens is 1. The maximum Gasteiger partial charge on any atom is 0.311 e. The fourth-order valence-corrected chi connectivity index (χ4v) is 0.626. The molecule has 1 heterocycles. The monoisotopic (exact) mass is 134 g/mol. The molecule has 3 heteroatoms. The van der Waals surface area contributed by atoms with Crippen molar-refractivity contribution >= 4 is 5.82 Å². The Bertz CT molecular complexity index is 265. The van der Waals surface area contributed by atoms with Gasteiger partial charge in [0.05, 0.1) is 7.11 Å². The second kappa shape index (κ2) is 2.83. The molecular weight excluding hydrogens is 128 g/mol. The summed E-state index contributed by atoms with van der Waals surface area (Å²) in [4.78, 5) is 6.94. The number of nitrogens with zero attached hydrogens (tertiary/aromatic N) is 2. The van der Waals surface area contributed by atoms with Crippen molar-refractivity contribution in [2.24, 2.45) is 0 Å². The molecule has 3 nitrogen and oxygen atoms in total. The van der Waals surface area contributed by atoms with E-state index in [9.17, 15) is 0 Å². The SMILES string of the molecule is [C-]#[N+]c1ncccc1OC. The molecule has 10 heavy (non-hydrogen) atoms. The van der Waals surface area contributed by atoms with Gasteiger partial charge in [0.15, 0.2) is 0 Å². The van der Waals surface area contributed by atoms with Crippen molar-refractivity contribution in [3.8, 4) is 5.75 Å². The van der Waals surface area contributed by atoms with Crippen LogP contribution in [0.25, 0.3) is 4.85 Å². The molecule has 0 unspecified atom stereocenters. The molecule has 1 aromatic rings. The minimum absolute atomic E-state index is 0.310. The van der Waals surface area contributed by atoms with Gasteiger partial charge >= 0.3 is 5.82 Å². The zero-order valence-corrected chi connectivity index (χ0v) is 5.53. The molecule has 1 aromatic heterocycles. The summed E-state index contributed by atoms with van der Waals surface area (Å²) < 4.78 is 4.86. The van der Waals surface area contributed by atoms with Gasteiger partial charge in [-0.15, -0.1) is 4.98 Å². The molecule has 0 saturated carbocycles. The molecule has 1 rings (SSSR count). The maximum atomic E-state index is 6.67. The Hall–Kier alpha value is -1.56. The van der Waals surface area contributed by atoms with Crippen LogP contribution in [0.2, 0.25) is 0 Å². The van der Waals surface area contributed by atoms with Crippen molar-refractivity contribution in [2.75, 3.05) is 7.11 Å². The van der Waals surface area contributed by atoms with Crippen molar-refractivity contribution < 1.29 is 4.74 Å². The number of rotatable bonds is 1. The largest absolute Gasteiger partial charge is 0.506 e. The quantitative estimate of drug-likeness (QED) is 0.546. The van der Waals surface area contributed by atoms with Gasteiger partial charge in [-0.1, -0.05) is 6.57 Å². The van der Waals surface area contributed by atoms with Gasteiger partial charge < -0.3 is 9.58 Å². The lowest BCUT2D eigenvalue weighted by atomic mass is 10.4. The molecule has 0 amide bonds. The molecule has 0 bridgehead atoms. The van der Waals surface area contributed by atoms with Gasteiger partial charge in [0, 0.05) is 0 Å². The van der Waals surface area contributed by atoms with Gasteiger partial charge in [0.25, 0.3) is 0 Å². The summed E-state index contributed by atoms with van der Waals surface area (Å²) in [6.07, 6.45) is 1.57. The van der Waals surface area contributed by atoms with E-state index >= 15 is 0 Å². The molecule has 50 valence electrons. The van der Waals surface area contributed by atoms with Crippen molar-refractivity contribution in [1.82, 2.24) is 4.98 Å². The van der Waals surface area contributed by atoms with Crippen molar-refractivity contribution in [1.29, 1.82) is 0 Å². The Morgan fingerprint density at radius 2 is 2.50 bits per heavy atom. The lowest BCUT2D eigenvalue weighted by Gasteiger charge is -1.97. The van der Waals surface area contributed by atoms with Gasteiger partial charge in [-0.2, -0.15) is 0 Å². The fourth-order valence-electron chi connectivity index (χ4n) is 0.626. The first-order valence-electron chi connectivity index (χ1n) is 2.75. The molecule has 0 N–H and O–H groups in total. The average Bonchev–Trinajstić information content (AvgIpc) is 2.04. The molecule has 0 aliphatic heterocycles. The summed E-state index contributed by atoms with van der Waals surface area (Å²) in [6, 6.07) is 3.44. The highest BCUT2D eigenvalue weighted by atomic mass is 16.5. The van der Waals surface area contributed by atoms with Crippen LogP contribution in [0.3, 0.4) is 0 Å². The maximum absolute atomic E-state index is 6.67. The third-order valence-electron chi connectivity index (χ3n) is 1.08. The third kappa shape index (κ3) is 1.06. The van der Waals surface area contributed by atoms with E-state index in [1.807, 2.05) is 0 Å². The summed E-state index contributed by atoms with van der Waals surface area (Å²) in [5.41, 5.74) is 0. The van der Waals surface area contributed by atoms with E-state index in [1.165, 1.54) is 7.11 Å². The number of methoxy groups -OCH3 is 1. The third-order valence-corrected chi connectivity index (χ3v) is 1.08. The Morgan fingerprint density at radius 3 is 3.00 bits per heavy atom. The van der Waals surface area contributed by atoms with E-state index in [2.05, 4.69) is 9.83 Å². The molecule has 0 radical (unpaired) electrons. The number of hydrogen-bond acceptors (Lipinski definition) is 2. The van der Waals surface area contributed by atoms with Gasteiger partial charge in [0.1, 0.15) is 11.9 Å². The second-order valence-electron chi connectivity index (χ2n) is 1.64. The van der Waals surface area contributed by atoms with Crippen LogP contribution in [0.4, 0.5) is 5.82 Å². The molecule has 0 aromatic carbocycles. The summed E-state index contributed by atoms with van der Waals surface area (Å²) in [7, 11) is 1.52. The van der Waals surface area contributed by atoms with E-state index in [-0.39, 0.29) is 0 Å². The predicted molar refractivity (Wildman–Crippen MR) is 37.1 cm³/mol. The van der Waals surface area contributed by atoms with Crippen LogP contribution in [0, 0.1) is 6.57 Å². The predicted octanol–water partition coefficient (Wildman–Crippen LogP) is 1.64. The van der Waals surface area contributed by atoms with Gasteiger partial charge in [-0.25, -0.2) is 0 Å². The zero-order chi connectivity index (χ0) is 7.40. The Kier molecular flexibility index (Phi) is 1.86. The smallest absolute Gasteiger partial charge is 0.311 e. The van der Waals surface area contributed by atoms with Gasteiger partial charge in [-0.05, 0) is 12.1 Å². The first-order chi connectivity index (χ1) is 4.88. The standard InChI is InChI=1S/C7H6N2O/c1-8-7-6(10-2)4-3-5-9-7/h3-5H,2H3. The van der Waals surface area contributed by atoms with Crippen LogP contribution < -0.4 is 4.74 Å². The minimum atomic E-state index is 0.310. The second-order valence-corrected chi connectivity index (χ2v) is 1.64. The highest BCUT2D eigenvalue weighted by molar-refractivity contribution is 5.49. The van der Waals surface area contributed by atoms with Gasteiger partial charge in [-0.3, -0.25) is 0 Å². The molecule has 0 saturated heterocycles. The number of ether oxygens (including phenoxy) is 1. The fraction of sp³-hybridized carbons (Fsp3) is 0.143. The van der Waals surface area contributed by atoms with Crippen LogP contribution >= 0.6 is 0 Å². The van der Waals surface area contributed by atoms with Crippen LogP contribution in [0.15, 0.2) is 18.3 Å². The summed E-state index contributed by atoms with van der Waals surface area (Å²) in [6.45, 7) is 6.67. The summed E-state index contributed by atoms with van der Waals surface area (Å²) in [5.74, 6) is 0.836. The van der Waals surface area contributed by atoms with Crippen molar-refractivity contribution in [3.63, 3.8) is 0 Å². The normalized spacial score (nSPS) is 8.40. The van der Waals surface area contributed by atoms with E-state index in [0.29, 0.717) is 11.6 Å². The molecule has 0 aliphatic rings. The first kappa shape index (κ1) is 6.56. The van der Waals surface area contributed by atoms with E-state index in [1.54, 1.807) is 18.3 Å². The topological polar surface area (TPSA) is 26.5 Å². The lowest BCUT2D eigenvalue weighted by Crippen LogP contribution is -1.82. The Labute approximate surface area is 59.1 Å². The van der Waals surface area contributed by atoms with E-state index in [4.69, 9.17) is 11.3 Å². The molecule has 0 fully saturated rings. The van der Waals surface area contributed by atoms with Gasteiger partial charge in [0.2, 0.25) is 0 Å². The molecule has 0 atom stereocenters. The van der Waals surface area contributed by atoms with Crippen molar-refractivity contribution in [2.45, 2.75) is 0 Å². The Morgan fingerprint density at radius 1 is 1.70 bits per heavy atom. The van der Waals surface area contributed by atoms with Crippen LogP contribution in [-0.2, 0) is 0 Å². The van der Waals surface area contributed by atoms with E-state index in [0.717, 1.165) is 0 Å². The average molecular weight is 134 g/mol. The van der Waals surface area contributed by atoms with Crippen LogP contribution in [0.1, 0.15) is 0 Å². The first-order valence-corrected chi connectivity index (χ1v) is 2.75. The minimum Gasteiger partial charge on any atom is -0.506 e. The molecule has 0 spiro atoms. The zero-order valence-electron chi connectivity index (χ0n) is 5.53. The lowest BCUT2D eigenvalue weighted by molar-refractivity contribution is 0.416. The van der Waals surface area contributed by atoms with Crippen LogP contribution in [0.5, 0.6) is 5.75 Å². The number of pyridine rings is 1. The number of hydrogen-bond donors (Lipinski definition) is 0. The molecular formula is C7H6N2O. The highest BCUT2D eigenvalue weighted by Gasteiger charge is 1.99. The Balaban J connectivity index is 3.12.